The van der Waals surface area contributed by atoms with Crippen LogP contribution in [0, 0.1) is 6.92 Å². The lowest BCUT2D eigenvalue weighted by molar-refractivity contribution is -0.119. The summed E-state index contributed by atoms with van der Waals surface area (Å²) in [5.41, 5.74) is 4.04. The van der Waals surface area contributed by atoms with E-state index in [0.717, 1.165) is 5.56 Å². The Morgan fingerprint density at radius 1 is 1.06 bits per heavy atom. The Hall–Kier alpha value is -3.05. The summed E-state index contributed by atoms with van der Waals surface area (Å²) in [6.45, 7) is 1.38. The molecular formula is C23H19BrClN3O5S. The minimum atomic E-state index is -3.89. The minimum absolute atomic E-state index is 0.0256. The number of nitrogens with one attached hydrogen (secondary N) is 2. The van der Waals surface area contributed by atoms with Crippen molar-refractivity contribution in [1.82, 2.24) is 10.1 Å². The molecule has 0 aliphatic heterocycles. The summed E-state index contributed by atoms with van der Waals surface area (Å²) in [5.74, 6) is -1.00. The van der Waals surface area contributed by atoms with Crippen molar-refractivity contribution in [2.75, 3.05) is 6.54 Å². The first kappa shape index (κ1) is 25.6. The third-order valence-corrected chi connectivity index (χ3v) is 6.56. The Kier molecular flexibility index (Phi) is 8.56. The molecule has 0 fully saturated rings. The Morgan fingerprint density at radius 2 is 1.74 bits per heavy atom. The van der Waals surface area contributed by atoms with Gasteiger partial charge in [-0.25, -0.2) is 23.4 Å². The minimum Gasteiger partial charge on any atom is -0.422 e. The maximum Gasteiger partial charge on any atom is 0.343 e. The molecule has 0 bridgehead atoms. The van der Waals surface area contributed by atoms with Gasteiger partial charge in [-0.15, -0.1) is 0 Å². The van der Waals surface area contributed by atoms with Crippen LogP contribution < -0.4 is 14.9 Å². The van der Waals surface area contributed by atoms with Gasteiger partial charge in [0.1, 0.15) is 5.75 Å². The van der Waals surface area contributed by atoms with Crippen LogP contribution in [0.2, 0.25) is 5.02 Å². The lowest BCUT2D eigenvalue weighted by Crippen LogP contribution is -2.34. The molecule has 0 saturated heterocycles. The number of hydrazone groups is 1. The highest BCUT2D eigenvalue weighted by Crippen LogP contribution is 2.23. The molecular weight excluding hydrogens is 546 g/mol. The van der Waals surface area contributed by atoms with Crippen molar-refractivity contribution < 1.29 is 22.7 Å². The topological polar surface area (TPSA) is 114 Å². The van der Waals surface area contributed by atoms with Crippen molar-refractivity contribution in [2.45, 2.75) is 11.8 Å². The number of amides is 1. The molecule has 1 amide bonds. The number of ether oxygens (including phenoxy) is 1. The highest BCUT2D eigenvalue weighted by atomic mass is 79.9. The van der Waals surface area contributed by atoms with Crippen LogP contribution in [-0.2, 0) is 14.8 Å². The number of sulfonamides is 1. The summed E-state index contributed by atoms with van der Waals surface area (Å²) in [7, 11) is -3.89. The first-order valence-corrected chi connectivity index (χ1v) is 12.4. The van der Waals surface area contributed by atoms with Gasteiger partial charge < -0.3 is 4.74 Å². The molecule has 176 valence electrons. The first-order chi connectivity index (χ1) is 16.1. The molecule has 0 unspecified atom stereocenters. The fourth-order valence-corrected chi connectivity index (χ4v) is 4.12. The van der Waals surface area contributed by atoms with E-state index in [2.05, 4.69) is 31.2 Å². The summed E-state index contributed by atoms with van der Waals surface area (Å²) < 4.78 is 32.8. The Balaban J connectivity index is 1.62. The number of carbonyl (C=O) groups is 2. The Bertz CT molecular complexity index is 1330. The van der Waals surface area contributed by atoms with Gasteiger partial charge in [-0.3, -0.25) is 4.79 Å². The standard InChI is InChI=1S/C23H19BrClN3O5S/c1-15-2-4-16(5-3-15)23(30)33-21-11-6-18(24)12-17(21)13-26-28-22(29)14-27-34(31,32)20-9-7-19(25)8-10-20/h2-13,27H,14H2,1H3,(H,28,29)/b26-13+. The highest BCUT2D eigenvalue weighted by Gasteiger charge is 2.15. The zero-order valence-electron chi connectivity index (χ0n) is 17.8. The molecule has 0 aromatic heterocycles. The molecule has 34 heavy (non-hydrogen) atoms. The number of esters is 1. The van der Waals surface area contributed by atoms with E-state index < -0.39 is 28.4 Å². The number of aryl methyl sites for hydroxylation is 1. The van der Waals surface area contributed by atoms with Crippen LogP contribution in [-0.4, -0.2) is 33.1 Å². The van der Waals surface area contributed by atoms with Gasteiger partial charge >= 0.3 is 5.97 Å². The van der Waals surface area contributed by atoms with Crippen molar-refractivity contribution in [3.63, 3.8) is 0 Å². The summed E-state index contributed by atoms with van der Waals surface area (Å²) in [6.07, 6.45) is 1.29. The van der Waals surface area contributed by atoms with Crippen LogP contribution in [0.4, 0.5) is 0 Å². The smallest absolute Gasteiger partial charge is 0.343 e. The molecule has 3 rings (SSSR count). The normalized spacial score (nSPS) is 11.4. The fraction of sp³-hybridized carbons (Fsp3) is 0.0870. The fourth-order valence-electron chi connectivity index (χ4n) is 2.63. The van der Waals surface area contributed by atoms with Crippen molar-refractivity contribution >= 4 is 55.6 Å². The molecule has 3 aromatic carbocycles. The monoisotopic (exact) mass is 563 g/mol. The summed E-state index contributed by atoms with van der Waals surface area (Å²) in [4.78, 5) is 24.5. The summed E-state index contributed by atoms with van der Waals surface area (Å²) in [5, 5.41) is 4.22. The van der Waals surface area contributed by atoms with E-state index in [9.17, 15) is 18.0 Å². The maximum atomic E-state index is 12.4. The van der Waals surface area contributed by atoms with Crippen LogP contribution in [0.3, 0.4) is 0 Å². The van der Waals surface area contributed by atoms with Gasteiger partial charge in [-0.05, 0) is 61.5 Å². The van der Waals surface area contributed by atoms with E-state index in [1.54, 1.807) is 42.5 Å². The molecule has 0 aliphatic rings. The molecule has 0 atom stereocenters. The first-order valence-electron chi connectivity index (χ1n) is 9.79. The van der Waals surface area contributed by atoms with Gasteiger partial charge in [0.2, 0.25) is 10.0 Å². The maximum absolute atomic E-state index is 12.4. The second-order valence-electron chi connectivity index (χ2n) is 7.01. The van der Waals surface area contributed by atoms with Crippen LogP contribution in [0.5, 0.6) is 5.75 Å². The van der Waals surface area contributed by atoms with Crippen LogP contribution in [0.15, 0.2) is 81.2 Å². The molecule has 2 N–H and O–H groups in total. The third-order valence-electron chi connectivity index (χ3n) is 4.40. The predicted molar refractivity (Wildman–Crippen MR) is 133 cm³/mol. The van der Waals surface area contributed by atoms with Crippen LogP contribution in [0.1, 0.15) is 21.5 Å². The lowest BCUT2D eigenvalue weighted by atomic mass is 10.1. The van der Waals surface area contributed by atoms with E-state index in [1.165, 1.54) is 30.5 Å². The summed E-state index contributed by atoms with van der Waals surface area (Å²) >= 11 is 9.09. The molecule has 0 saturated carbocycles. The number of benzene rings is 3. The second kappa shape index (κ2) is 11.4. The van der Waals surface area contributed by atoms with Crippen LogP contribution >= 0.6 is 27.5 Å². The van der Waals surface area contributed by atoms with Crippen LogP contribution in [0.25, 0.3) is 0 Å². The van der Waals surface area contributed by atoms with E-state index >= 15 is 0 Å². The van der Waals surface area contributed by atoms with E-state index in [4.69, 9.17) is 16.3 Å². The molecule has 3 aromatic rings. The predicted octanol–water partition coefficient (Wildman–Crippen LogP) is 4.06. The van der Waals surface area contributed by atoms with Gasteiger partial charge in [0.05, 0.1) is 23.2 Å². The SMILES string of the molecule is Cc1ccc(C(=O)Oc2ccc(Br)cc2/C=N/NC(=O)CNS(=O)(=O)c2ccc(Cl)cc2)cc1. The third kappa shape index (κ3) is 7.22. The molecule has 0 spiro atoms. The van der Waals surface area contributed by atoms with Crippen molar-refractivity contribution in [3.05, 3.63) is 92.9 Å². The van der Waals surface area contributed by atoms with Crippen molar-refractivity contribution in [3.8, 4) is 5.75 Å². The van der Waals surface area contributed by atoms with Gasteiger partial charge in [0.15, 0.2) is 0 Å². The number of hydrogen-bond acceptors (Lipinski definition) is 6. The molecule has 0 heterocycles. The average Bonchev–Trinajstić information content (AvgIpc) is 2.80. The molecule has 11 heteroatoms. The molecule has 8 nitrogen and oxygen atoms in total. The zero-order valence-corrected chi connectivity index (χ0v) is 20.9. The van der Waals surface area contributed by atoms with E-state index in [-0.39, 0.29) is 10.6 Å². The average molecular weight is 565 g/mol. The van der Waals surface area contributed by atoms with Gasteiger partial charge in [0.25, 0.3) is 5.91 Å². The number of rotatable bonds is 8. The van der Waals surface area contributed by atoms with Gasteiger partial charge in [-0.2, -0.15) is 5.10 Å². The molecule has 0 aliphatic carbocycles. The van der Waals surface area contributed by atoms with Crippen molar-refractivity contribution in [1.29, 1.82) is 0 Å². The number of carbonyl (C=O) groups excluding carboxylic acids is 2. The Labute approximate surface area is 210 Å². The number of halogens is 2. The van der Waals surface area contributed by atoms with E-state index in [0.29, 0.717) is 20.6 Å². The lowest BCUT2D eigenvalue weighted by Gasteiger charge is -2.08. The van der Waals surface area contributed by atoms with Gasteiger partial charge in [0, 0.05) is 15.1 Å². The number of nitrogens with zero attached hydrogens (tertiary/aromatic N) is 1. The second-order valence-corrected chi connectivity index (χ2v) is 10.1. The van der Waals surface area contributed by atoms with Crippen molar-refractivity contribution in [2.24, 2.45) is 5.10 Å². The molecule has 0 radical (unpaired) electrons. The number of hydrogen-bond donors (Lipinski definition) is 2. The van der Waals surface area contributed by atoms with E-state index in [1.807, 2.05) is 6.92 Å². The zero-order chi connectivity index (χ0) is 24.7. The highest BCUT2D eigenvalue weighted by molar-refractivity contribution is 9.10. The van der Waals surface area contributed by atoms with Gasteiger partial charge in [-0.1, -0.05) is 45.2 Å². The Morgan fingerprint density at radius 3 is 2.41 bits per heavy atom. The quantitative estimate of drug-likeness (QED) is 0.185. The summed E-state index contributed by atoms with van der Waals surface area (Å²) in [6, 6.07) is 17.4. The largest absolute Gasteiger partial charge is 0.422 e.